The van der Waals surface area contributed by atoms with Crippen molar-refractivity contribution < 1.29 is 9.53 Å². The molecule has 0 spiro atoms. The van der Waals surface area contributed by atoms with Crippen LogP contribution in [0, 0.1) is 0 Å². The summed E-state index contributed by atoms with van der Waals surface area (Å²) in [5.41, 5.74) is 0. The lowest BCUT2D eigenvalue weighted by molar-refractivity contribution is -0.131. The molecule has 0 aliphatic rings. The highest BCUT2D eigenvalue weighted by atomic mass is 16.5. The third-order valence-electron chi connectivity index (χ3n) is 0.805. The molecule has 0 saturated carbocycles. The van der Waals surface area contributed by atoms with Gasteiger partial charge in [-0.3, -0.25) is 14.8 Å². The van der Waals surface area contributed by atoms with Gasteiger partial charge in [0.2, 0.25) is 0 Å². The van der Waals surface area contributed by atoms with E-state index in [9.17, 15) is 4.79 Å². The molecule has 1 aromatic rings. The normalized spacial score (nSPS) is 8.25. The van der Waals surface area contributed by atoms with Crippen LogP contribution in [0.5, 0.6) is 0 Å². The summed E-state index contributed by atoms with van der Waals surface area (Å²) in [6, 6.07) is 0. The number of nitrogens with zero attached hydrogens (tertiary/aromatic N) is 2. The Morgan fingerprint density at radius 2 is 1.58 bits per heavy atom. The van der Waals surface area contributed by atoms with Crippen LogP contribution >= 0.6 is 0 Å². The fourth-order valence-electron chi connectivity index (χ4n) is 0.364. The molecule has 12 heavy (non-hydrogen) atoms. The van der Waals surface area contributed by atoms with Crippen molar-refractivity contribution in [3.63, 3.8) is 0 Å². The van der Waals surface area contributed by atoms with Gasteiger partial charge < -0.3 is 4.74 Å². The number of aromatic nitrogens is 2. The first-order chi connectivity index (χ1) is 5.77. The Hall–Kier alpha value is -1.45. The van der Waals surface area contributed by atoms with Gasteiger partial charge in [-0.2, -0.15) is 0 Å². The van der Waals surface area contributed by atoms with Crippen LogP contribution in [0.3, 0.4) is 0 Å². The van der Waals surface area contributed by atoms with Gasteiger partial charge in [0, 0.05) is 24.8 Å². The standard InChI is InChI=1S/C4H4N2.C4H8O2/c1-2-6-4-3-5-1;1-4(2)6-3-5/h1-4H;3-4H,1-2H3. The molecule has 0 radical (unpaired) electrons. The minimum Gasteiger partial charge on any atom is -0.465 e. The van der Waals surface area contributed by atoms with Crippen LogP contribution in [0.2, 0.25) is 0 Å². The molecule has 0 unspecified atom stereocenters. The maximum absolute atomic E-state index is 9.39. The smallest absolute Gasteiger partial charge is 0.293 e. The number of ether oxygens (including phenoxy) is 1. The molecule has 0 aliphatic heterocycles. The largest absolute Gasteiger partial charge is 0.465 e. The SMILES string of the molecule is CC(C)OC=O.c1cnccn1. The molecular formula is C8H12N2O2. The Morgan fingerprint density at radius 3 is 1.67 bits per heavy atom. The summed E-state index contributed by atoms with van der Waals surface area (Å²) in [6.45, 7) is 4.05. The van der Waals surface area contributed by atoms with E-state index in [-0.39, 0.29) is 6.10 Å². The fourth-order valence-corrected chi connectivity index (χ4v) is 0.364. The minimum atomic E-state index is 0.0301. The molecule has 0 aliphatic carbocycles. The molecule has 0 saturated heterocycles. The number of carbonyl (C=O) groups is 1. The molecule has 0 bridgehead atoms. The van der Waals surface area contributed by atoms with Crippen LogP contribution in [0.1, 0.15) is 13.8 Å². The average molecular weight is 168 g/mol. The van der Waals surface area contributed by atoms with E-state index in [0.717, 1.165) is 0 Å². The van der Waals surface area contributed by atoms with E-state index in [1.807, 2.05) is 0 Å². The summed E-state index contributed by atoms with van der Waals surface area (Å²) < 4.78 is 4.36. The van der Waals surface area contributed by atoms with Crippen molar-refractivity contribution in [2.75, 3.05) is 0 Å². The molecule has 1 aromatic heterocycles. The van der Waals surface area contributed by atoms with E-state index >= 15 is 0 Å². The van der Waals surface area contributed by atoms with Crippen molar-refractivity contribution in [2.24, 2.45) is 0 Å². The number of carbonyl (C=O) groups excluding carboxylic acids is 1. The second kappa shape index (κ2) is 7.65. The summed E-state index contributed by atoms with van der Waals surface area (Å²) >= 11 is 0. The first-order valence-corrected chi connectivity index (χ1v) is 3.56. The molecule has 0 amide bonds. The molecule has 0 aromatic carbocycles. The number of rotatable bonds is 2. The second-order valence-corrected chi connectivity index (χ2v) is 2.18. The highest BCUT2D eigenvalue weighted by Crippen LogP contribution is 1.79. The molecule has 66 valence electrons. The highest BCUT2D eigenvalue weighted by Gasteiger charge is 1.83. The summed E-state index contributed by atoms with van der Waals surface area (Å²) in [6.07, 6.45) is 6.59. The number of hydrogen-bond acceptors (Lipinski definition) is 4. The first kappa shape index (κ1) is 10.6. The molecule has 4 heteroatoms. The summed E-state index contributed by atoms with van der Waals surface area (Å²) in [7, 11) is 0. The maximum atomic E-state index is 9.39. The van der Waals surface area contributed by atoms with Gasteiger partial charge in [0.05, 0.1) is 6.10 Å². The Balaban J connectivity index is 0.000000202. The van der Waals surface area contributed by atoms with E-state index in [2.05, 4.69) is 14.7 Å². The quantitative estimate of drug-likeness (QED) is 0.619. The van der Waals surface area contributed by atoms with E-state index in [0.29, 0.717) is 6.47 Å². The number of hydrogen-bond donors (Lipinski definition) is 0. The molecule has 0 fully saturated rings. The third-order valence-corrected chi connectivity index (χ3v) is 0.805. The molecule has 0 atom stereocenters. The maximum Gasteiger partial charge on any atom is 0.293 e. The van der Waals surface area contributed by atoms with Crippen LogP contribution in [0.25, 0.3) is 0 Å². The molecule has 1 rings (SSSR count). The Kier molecular flexibility index (Phi) is 6.73. The van der Waals surface area contributed by atoms with E-state index in [1.54, 1.807) is 38.6 Å². The predicted octanol–water partition coefficient (Wildman–Crippen LogP) is 1.04. The van der Waals surface area contributed by atoms with Gasteiger partial charge in [-0.25, -0.2) is 0 Å². The van der Waals surface area contributed by atoms with E-state index < -0.39 is 0 Å². The van der Waals surface area contributed by atoms with Crippen molar-refractivity contribution in [1.29, 1.82) is 0 Å². The zero-order chi connectivity index (χ0) is 9.23. The van der Waals surface area contributed by atoms with Crippen LogP contribution in [-0.4, -0.2) is 22.5 Å². The van der Waals surface area contributed by atoms with Gasteiger partial charge in [-0.1, -0.05) is 0 Å². The average Bonchev–Trinajstić information content (AvgIpc) is 2.08. The van der Waals surface area contributed by atoms with Gasteiger partial charge in [-0.05, 0) is 13.8 Å². The van der Waals surface area contributed by atoms with Gasteiger partial charge in [0.25, 0.3) is 6.47 Å². The zero-order valence-electron chi connectivity index (χ0n) is 7.18. The van der Waals surface area contributed by atoms with Crippen molar-refractivity contribution in [2.45, 2.75) is 20.0 Å². The van der Waals surface area contributed by atoms with Crippen LogP contribution in [-0.2, 0) is 9.53 Å². The van der Waals surface area contributed by atoms with Crippen LogP contribution < -0.4 is 0 Å². The third kappa shape index (κ3) is 8.55. The summed E-state index contributed by atoms with van der Waals surface area (Å²) in [4.78, 5) is 16.8. The topological polar surface area (TPSA) is 52.1 Å². The van der Waals surface area contributed by atoms with Crippen molar-refractivity contribution >= 4 is 6.47 Å². The van der Waals surface area contributed by atoms with Crippen molar-refractivity contribution in [3.8, 4) is 0 Å². The van der Waals surface area contributed by atoms with E-state index in [4.69, 9.17) is 0 Å². The Labute approximate surface area is 71.6 Å². The highest BCUT2D eigenvalue weighted by molar-refractivity contribution is 5.37. The lowest BCUT2D eigenvalue weighted by Crippen LogP contribution is -1.98. The Bertz CT molecular complexity index is 163. The second-order valence-electron chi connectivity index (χ2n) is 2.18. The van der Waals surface area contributed by atoms with Crippen molar-refractivity contribution in [3.05, 3.63) is 24.8 Å². The molecule has 0 N–H and O–H groups in total. The first-order valence-electron chi connectivity index (χ1n) is 3.56. The Morgan fingerprint density at radius 1 is 1.17 bits per heavy atom. The summed E-state index contributed by atoms with van der Waals surface area (Å²) in [5.74, 6) is 0. The monoisotopic (exact) mass is 168 g/mol. The lowest BCUT2D eigenvalue weighted by Gasteiger charge is -1.96. The van der Waals surface area contributed by atoms with Gasteiger partial charge in [0.1, 0.15) is 0 Å². The van der Waals surface area contributed by atoms with Crippen molar-refractivity contribution in [1.82, 2.24) is 9.97 Å². The zero-order valence-corrected chi connectivity index (χ0v) is 7.18. The molecule has 4 nitrogen and oxygen atoms in total. The summed E-state index contributed by atoms with van der Waals surface area (Å²) in [5, 5.41) is 0. The van der Waals surface area contributed by atoms with Gasteiger partial charge in [-0.15, -0.1) is 0 Å². The predicted molar refractivity (Wildman–Crippen MR) is 44.3 cm³/mol. The van der Waals surface area contributed by atoms with Crippen LogP contribution in [0.15, 0.2) is 24.8 Å². The fraction of sp³-hybridized carbons (Fsp3) is 0.375. The van der Waals surface area contributed by atoms with Gasteiger partial charge >= 0.3 is 0 Å². The minimum absolute atomic E-state index is 0.0301. The van der Waals surface area contributed by atoms with Crippen LogP contribution in [0.4, 0.5) is 0 Å². The lowest BCUT2D eigenvalue weighted by atomic mass is 10.5. The van der Waals surface area contributed by atoms with E-state index in [1.165, 1.54) is 0 Å². The molecule has 1 heterocycles. The molecular weight excluding hydrogens is 156 g/mol. The van der Waals surface area contributed by atoms with Gasteiger partial charge in [0.15, 0.2) is 0 Å².